The van der Waals surface area contributed by atoms with E-state index in [1.807, 2.05) is 12.1 Å². The summed E-state index contributed by atoms with van der Waals surface area (Å²) in [4.78, 5) is 26.4. The van der Waals surface area contributed by atoms with Crippen molar-refractivity contribution in [2.24, 2.45) is 0 Å². The largest absolute Gasteiger partial charge is 0.350 e. The summed E-state index contributed by atoms with van der Waals surface area (Å²) in [5, 5.41) is 7.64. The number of rotatable bonds is 6. The highest BCUT2D eigenvalue weighted by molar-refractivity contribution is 6.32. The summed E-state index contributed by atoms with van der Waals surface area (Å²) in [6.45, 7) is 6.84. The van der Waals surface area contributed by atoms with Crippen molar-refractivity contribution in [1.29, 1.82) is 0 Å². The van der Waals surface area contributed by atoms with Crippen molar-refractivity contribution in [3.8, 4) is 5.69 Å². The molecule has 3 rings (SSSR count). The lowest BCUT2D eigenvalue weighted by Crippen LogP contribution is -3.16. The molecule has 0 aliphatic carbocycles. The number of quaternary nitrogens is 1. The standard InChI is InChI=1S/C21H27ClN4O2/c1-15-8-5-6-12-25(15)13-7-11-23-21(28)20-19(27)14-16(2)26(24-20)18-10-4-3-9-17(18)22/h3-4,9-10,14-15H,5-8,11-13H2,1-2H3,(H,23,28)/p+1/t15-/m1/s1. The van der Waals surface area contributed by atoms with Gasteiger partial charge in [-0.25, -0.2) is 4.68 Å². The van der Waals surface area contributed by atoms with Crippen LogP contribution < -0.4 is 15.6 Å². The fourth-order valence-electron chi connectivity index (χ4n) is 3.80. The molecule has 1 aromatic heterocycles. The maximum atomic E-state index is 12.5. The average Bonchev–Trinajstić information content (AvgIpc) is 2.67. The van der Waals surface area contributed by atoms with E-state index < -0.39 is 5.91 Å². The Hall–Kier alpha value is -2.18. The summed E-state index contributed by atoms with van der Waals surface area (Å²) in [5.74, 6) is -0.438. The van der Waals surface area contributed by atoms with Crippen molar-refractivity contribution in [2.75, 3.05) is 19.6 Å². The molecular formula is C21H28ClN4O2+. The fraction of sp³-hybridized carbons (Fsp3) is 0.476. The van der Waals surface area contributed by atoms with Gasteiger partial charge >= 0.3 is 0 Å². The third kappa shape index (κ3) is 4.80. The zero-order chi connectivity index (χ0) is 20.1. The molecular weight excluding hydrogens is 376 g/mol. The van der Waals surface area contributed by atoms with Crippen LogP contribution in [0.25, 0.3) is 5.69 Å². The first kappa shape index (κ1) is 20.6. The number of hydrogen-bond acceptors (Lipinski definition) is 3. The first-order chi connectivity index (χ1) is 13.5. The number of carbonyl (C=O) groups is 1. The molecule has 6 nitrogen and oxygen atoms in total. The number of aromatic nitrogens is 2. The first-order valence-corrected chi connectivity index (χ1v) is 10.3. The molecule has 1 amide bonds. The summed E-state index contributed by atoms with van der Waals surface area (Å²) in [5.41, 5.74) is 0.772. The molecule has 2 N–H and O–H groups in total. The van der Waals surface area contributed by atoms with Crippen LogP contribution in [0, 0.1) is 6.92 Å². The van der Waals surface area contributed by atoms with E-state index in [4.69, 9.17) is 11.6 Å². The quantitative estimate of drug-likeness (QED) is 0.722. The Morgan fingerprint density at radius 1 is 1.36 bits per heavy atom. The second-order valence-electron chi connectivity index (χ2n) is 7.53. The predicted molar refractivity (Wildman–Crippen MR) is 111 cm³/mol. The van der Waals surface area contributed by atoms with E-state index in [0.29, 0.717) is 29.0 Å². The Morgan fingerprint density at radius 2 is 2.14 bits per heavy atom. The molecule has 0 radical (unpaired) electrons. The van der Waals surface area contributed by atoms with Gasteiger partial charge in [0, 0.05) is 24.7 Å². The van der Waals surface area contributed by atoms with Gasteiger partial charge < -0.3 is 10.2 Å². The van der Waals surface area contributed by atoms with Crippen LogP contribution >= 0.6 is 11.6 Å². The third-order valence-electron chi connectivity index (χ3n) is 5.45. The molecule has 150 valence electrons. The Balaban J connectivity index is 1.66. The molecule has 0 spiro atoms. The Kier molecular flexibility index (Phi) is 6.86. The average molecular weight is 404 g/mol. The topological polar surface area (TPSA) is 68.4 Å². The van der Waals surface area contributed by atoms with Crippen LogP contribution in [0.1, 0.15) is 48.8 Å². The molecule has 1 unspecified atom stereocenters. The van der Waals surface area contributed by atoms with Crippen LogP contribution in [0.2, 0.25) is 5.02 Å². The van der Waals surface area contributed by atoms with Crippen molar-refractivity contribution in [3.05, 3.63) is 57.0 Å². The van der Waals surface area contributed by atoms with E-state index in [1.54, 1.807) is 24.0 Å². The van der Waals surface area contributed by atoms with E-state index in [1.165, 1.54) is 36.6 Å². The van der Waals surface area contributed by atoms with Gasteiger partial charge in [-0.3, -0.25) is 9.59 Å². The van der Waals surface area contributed by atoms with Crippen LogP contribution in [0.4, 0.5) is 0 Å². The van der Waals surface area contributed by atoms with E-state index in [0.717, 1.165) is 13.0 Å². The first-order valence-electron chi connectivity index (χ1n) is 9.96. The second-order valence-corrected chi connectivity index (χ2v) is 7.93. The molecule has 2 aromatic rings. The van der Waals surface area contributed by atoms with Gasteiger partial charge in [-0.15, -0.1) is 0 Å². The number of hydrogen-bond donors (Lipinski definition) is 2. The Morgan fingerprint density at radius 3 is 2.89 bits per heavy atom. The summed E-state index contributed by atoms with van der Waals surface area (Å²) < 4.78 is 1.54. The SMILES string of the molecule is Cc1cc(=O)c(C(=O)NCCC[NH+]2CCCC[C@H]2C)nn1-c1ccccc1Cl. The van der Waals surface area contributed by atoms with E-state index in [9.17, 15) is 9.59 Å². The number of amides is 1. The lowest BCUT2D eigenvalue weighted by Gasteiger charge is -2.30. The highest BCUT2D eigenvalue weighted by atomic mass is 35.5. The number of nitrogens with zero attached hydrogens (tertiary/aromatic N) is 2. The molecule has 2 heterocycles. The highest BCUT2D eigenvalue weighted by Crippen LogP contribution is 2.19. The van der Waals surface area contributed by atoms with Gasteiger partial charge in [-0.2, -0.15) is 5.10 Å². The minimum Gasteiger partial charge on any atom is -0.350 e. The number of piperidine rings is 1. The minimum atomic E-state index is -0.438. The third-order valence-corrected chi connectivity index (χ3v) is 5.76. The number of benzene rings is 1. The Bertz CT molecular complexity index is 896. The van der Waals surface area contributed by atoms with Crippen molar-refractivity contribution in [3.63, 3.8) is 0 Å². The molecule has 2 atom stereocenters. The summed E-state index contributed by atoms with van der Waals surface area (Å²) >= 11 is 6.25. The molecule has 0 bridgehead atoms. The summed E-state index contributed by atoms with van der Waals surface area (Å²) in [7, 11) is 0. The maximum Gasteiger partial charge on any atom is 0.275 e. The lowest BCUT2D eigenvalue weighted by molar-refractivity contribution is -0.928. The van der Waals surface area contributed by atoms with Crippen molar-refractivity contribution in [1.82, 2.24) is 15.1 Å². The van der Waals surface area contributed by atoms with Crippen LogP contribution in [0.3, 0.4) is 0 Å². The second kappa shape index (κ2) is 9.34. The molecule has 1 aliphatic heterocycles. The zero-order valence-electron chi connectivity index (χ0n) is 16.5. The monoisotopic (exact) mass is 403 g/mol. The van der Waals surface area contributed by atoms with Gasteiger partial charge in [0.15, 0.2) is 5.69 Å². The van der Waals surface area contributed by atoms with Crippen LogP contribution in [0.5, 0.6) is 0 Å². The van der Waals surface area contributed by atoms with Gasteiger partial charge in [-0.05, 0) is 45.2 Å². The Labute approximate surface area is 170 Å². The van der Waals surface area contributed by atoms with Crippen LogP contribution in [-0.4, -0.2) is 41.4 Å². The van der Waals surface area contributed by atoms with E-state index >= 15 is 0 Å². The smallest absolute Gasteiger partial charge is 0.275 e. The minimum absolute atomic E-state index is 0.107. The zero-order valence-corrected chi connectivity index (χ0v) is 17.3. The number of para-hydroxylation sites is 1. The van der Waals surface area contributed by atoms with Gasteiger partial charge in [0.05, 0.1) is 29.8 Å². The van der Waals surface area contributed by atoms with Crippen LogP contribution in [-0.2, 0) is 0 Å². The van der Waals surface area contributed by atoms with Gasteiger partial charge in [-0.1, -0.05) is 23.7 Å². The molecule has 1 aromatic carbocycles. The number of likely N-dealkylation sites (tertiary alicyclic amines) is 1. The fourth-order valence-corrected chi connectivity index (χ4v) is 4.01. The van der Waals surface area contributed by atoms with E-state index in [-0.39, 0.29) is 11.1 Å². The normalized spacial score (nSPS) is 19.4. The number of aryl methyl sites for hydroxylation is 1. The lowest BCUT2D eigenvalue weighted by atomic mass is 10.0. The van der Waals surface area contributed by atoms with Crippen LogP contribution in [0.15, 0.2) is 35.1 Å². The van der Waals surface area contributed by atoms with Crippen molar-refractivity contribution in [2.45, 2.75) is 45.6 Å². The summed E-state index contributed by atoms with van der Waals surface area (Å²) in [6.07, 6.45) is 4.76. The molecule has 28 heavy (non-hydrogen) atoms. The van der Waals surface area contributed by atoms with Crippen molar-refractivity contribution < 1.29 is 9.69 Å². The predicted octanol–water partition coefficient (Wildman–Crippen LogP) is 1.77. The molecule has 1 saturated heterocycles. The highest BCUT2D eigenvalue weighted by Gasteiger charge is 2.21. The molecule has 1 aliphatic rings. The molecule has 1 fully saturated rings. The van der Waals surface area contributed by atoms with Gasteiger partial charge in [0.2, 0.25) is 5.43 Å². The number of halogens is 1. The van der Waals surface area contributed by atoms with Crippen molar-refractivity contribution >= 4 is 17.5 Å². The molecule has 0 saturated carbocycles. The number of carbonyl (C=O) groups excluding carboxylic acids is 1. The van der Waals surface area contributed by atoms with E-state index in [2.05, 4.69) is 17.3 Å². The summed E-state index contributed by atoms with van der Waals surface area (Å²) in [6, 6.07) is 9.32. The van der Waals surface area contributed by atoms with Gasteiger partial charge in [0.1, 0.15) is 0 Å². The number of nitrogens with one attached hydrogen (secondary N) is 2. The maximum absolute atomic E-state index is 12.5. The molecule has 7 heteroatoms. The van der Waals surface area contributed by atoms with Gasteiger partial charge in [0.25, 0.3) is 5.91 Å².